The van der Waals surface area contributed by atoms with Crippen molar-refractivity contribution in [1.82, 2.24) is 20.9 Å². The summed E-state index contributed by atoms with van der Waals surface area (Å²) in [5.74, 6) is 0.716. The molecule has 1 rings (SSSR count). The van der Waals surface area contributed by atoms with Gasteiger partial charge in [-0.05, 0) is 45.6 Å². The summed E-state index contributed by atoms with van der Waals surface area (Å²) in [6.07, 6.45) is 1.24. The van der Waals surface area contributed by atoms with Gasteiger partial charge in [-0.15, -0.1) is 0 Å². The fourth-order valence-electron chi connectivity index (χ4n) is 1.93. The highest BCUT2D eigenvalue weighted by atomic mass is 15.1. The second-order valence-electron chi connectivity index (χ2n) is 4.92. The zero-order chi connectivity index (χ0) is 11.6. The van der Waals surface area contributed by atoms with E-state index in [9.17, 15) is 0 Å². The van der Waals surface area contributed by atoms with Crippen molar-refractivity contribution in [1.29, 1.82) is 0 Å². The van der Waals surface area contributed by atoms with E-state index in [1.807, 2.05) is 0 Å². The number of likely N-dealkylation sites (N-methyl/N-ethyl adjacent to an activating group) is 1. The number of nitrogens with zero attached hydrogens (tertiary/aromatic N) is 1. The van der Waals surface area contributed by atoms with Crippen LogP contribution in [0.4, 0.5) is 0 Å². The lowest BCUT2D eigenvalue weighted by molar-refractivity contribution is 0.318. The first-order valence-electron chi connectivity index (χ1n) is 6.59. The van der Waals surface area contributed by atoms with Gasteiger partial charge in [0, 0.05) is 26.2 Å². The highest BCUT2D eigenvalue weighted by molar-refractivity contribution is 4.64. The van der Waals surface area contributed by atoms with E-state index in [1.165, 1.54) is 13.0 Å². The molecule has 3 N–H and O–H groups in total. The highest BCUT2D eigenvalue weighted by Gasteiger charge is 2.03. The molecule has 0 bridgehead atoms. The average molecular weight is 228 g/mol. The van der Waals surface area contributed by atoms with Gasteiger partial charge in [-0.3, -0.25) is 0 Å². The average Bonchev–Trinajstić information content (AvgIpc) is 2.27. The summed E-state index contributed by atoms with van der Waals surface area (Å²) >= 11 is 0. The fourth-order valence-corrected chi connectivity index (χ4v) is 1.93. The second kappa shape index (κ2) is 8.93. The standard InChI is InChI=1S/C12H28N4/c1-12-10-14-6-5-13-4-3-8-16(2)9-7-15-11-12/h12-15H,3-11H2,1-2H3. The molecule has 1 saturated heterocycles. The summed E-state index contributed by atoms with van der Waals surface area (Å²) in [7, 11) is 2.21. The summed E-state index contributed by atoms with van der Waals surface area (Å²) in [4.78, 5) is 2.41. The molecule has 0 saturated carbocycles. The van der Waals surface area contributed by atoms with Crippen LogP contribution >= 0.6 is 0 Å². The molecule has 1 aliphatic rings. The zero-order valence-corrected chi connectivity index (χ0v) is 10.9. The smallest absolute Gasteiger partial charge is 0.0104 e. The molecule has 0 aromatic carbocycles. The maximum atomic E-state index is 3.52. The van der Waals surface area contributed by atoms with Crippen LogP contribution in [0, 0.1) is 5.92 Å². The molecule has 4 nitrogen and oxygen atoms in total. The minimum atomic E-state index is 0.716. The van der Waals surface area contributed by atoms with Crippen molar-refractivity contribution in [3.63, 3.8) is 0 Å². The van der Waals surface area contributed by atoms with Gasteiger partial charge in [-0.2, -0.15) is 0 Å². The van der Waals surface area contributed by atoms with E-state index in [1.54, 1.807) is 0 Å². The van der Waals surface area contributed by atoms with Crippen LogP contribution < -0.4 is 16.0 Å². The van der Waals surface area contributed by atoms with Crippen molar-refractivity contribution in [3.05, 3.63) is 0 Å². The van der Waals surface area contributed by atoms with Gasteiger partial charge in [-0.25, -0.2) is 0 Å². The Morgan fingerprint density at radius 1 is 0.875 bits per heavy atom. The summed E-state index contributed by atoms with van der Waals surface area (Å²) in [6, 6.07) is 0. The van der Waals surface area contributed by atoms with E-state index in [0.29, 0.717) is 5.92 Å². The minimum absolute atomic E-state index is 0.716. The Morgan fingerprint density at radius 2 is 1.56 bits per heavy atom. The predicted molar refractivity (Wildman–Crippen MR) is 69.9 cm³/mol. The van der Waals surface area contributed by atoms with E-state index in [-0.39, 0.29) is 0 Å². The van der Waals surface area contributed by atoms with Crippen molar-refractivity contribution in [2.45, 2.75) is 13.3 Å². The number of nitrogens with one attached hydrogen (secondary N) is 3. The van der Waals surface area contributed by atoms with Gasteiger partial charge in [0.25, 0.3) is 0 Å². The lowest BCUT2D eigenvalue weighted by Crippen LogP contribution is -2.38. The van der Waals surface area contributed by atoms with Crippen molar-refractivity contribution < 1.29 is 0 Å². The van der Waals surface area contributed by atoms with E-state index in [0.717, 1.165) is 45.8 Å². The maximum absolute atomic E-state index is 3.52. The Kier molecular flexibility index (Phi) is 7.76. The fraction of sp³-hybridized carbons (Fsp3) is 1.00. The lowest BCUT2D eigenvalue weighted by atomic mass is 10.2. The molecule has 96 valence electrons. The third kappa shape index (κ3) is 7.17. The van der Waals surface area contributed by atoms with Crippen molar-refractivity contribution >= 4 is 0 Å². The molecule has 0 aliphatic carbocycles. The van der Waals surface area contributed by atoms with Crippen LogP contribution in [0.25, 0.3) is 0 Å². The summed E-state index contributed by atoms with van der Waals surface area (Å²) in [5, 5.41) is 10.5. The summed E-state index contributed by atoms with van der Waals surface area (Å²) < 4.78 is 0. The Bertz CT molecular complexity index is 145. The Morgan fingerprint density at radius 3 is 2.38 bits per heavy atom. The highest BCUT2D eigenvalue weighted by Crippen LogP contribution is 1.90. The Balaban J connectivity index is 2.19. The molecule has 16 heavy (non-hydrogen) atoms. The quantitative estimate of drug-likeness (QED) is 0.534. The van der Waals surface area contributed by atoms with E-state index in [2.05, 4.69) is 34.8 Å². The number of rotatable bonds is 0. The normalized spacial score (nSPS) is 28.5. The number of hydrogen-bond donors (Lipinski definition) is 3. The van der Waals surface area contributed by atoms with Gasteiger partial charge in [0.15, 0.2) is 0 Å². The molecular weight excluding hydrogens is 200 g/mol. The molecule has 0 radical (unpaired) electrons. The molecule has 4 heteroatoms. The van der Waals surface area contributed by atoms with Crippen LogP contribution in [0.3, 0.4) is 0 Å². The zero-order valence-electron chi connectivity index (χ0n) is 10.9. The first-order valence-corrected chi connectivity index (χ1v) is 6.59. The summed E-state index contributed by atoms with van der Waals surface area (Å²) in [5.41, 5.74) is 0. The van der Waals surface area contributed by atoms with Gasteiger partial charge >= 0.3 is 0 Å². The molecule has 1 atom stereocenters. The molecule has 0 aromatic rings. The van der Waals surface area contributed by atoms with Crippen molar-refractivity contribution in [2.24, 2.45) is 5.92 Å². The molecule has 1 heterocycles. The number of hydrogen-bond acceptors (Lipinski definition) is 4. The maximum Gasteiger partial charge on any atom is 0.0104 e. The van der Waals surface area contributed by atoms with Crippen LogP contribution in [-0.4, -0.2) is 64.3 Å². The van der Waals surface area contributed by atoms with Crippen LogP contribution in [0.15, 0.2) is 0 Å². The molecule has 1 unspecified atom stereocenters. The Labute approximate surface area is 100 Å². The molecular formula is C12H28N4. The minimum Gasteiger partial charge on any atom is -0.315 e. The van der Waals surface area contributed by atoms with E-state index >= 15 is 0 Å². The van der Waals surface area contributed by atoms with Gasteiger partial charge in [0.05, 0.1) is 0 Å². The molecule has 0 aromatic heterocycles. The van der Waals surface area contributed by atoms with Crippen molar-refractivity contribution in [2.75, 3.05) is 59.4 Å². The van der Waals surface area contributed by atoms with Gasteiger partial charge in [-0.1, -0.05) is 6.92 Å². The first-order chi connectivity index (χ1) is 7.79. The van der Waals surface area contributed by atoms with E-state index in [4.69, 9.17) is 0 Å². The lowest BCUT2D eigenvalue weighted by Gasteiger charge is -2.19. The SMILES string of the molecule is CC1CNCCNCCCN(C)CCNC1. The van der Waals surface area contributed by atoms with Gasteiger partial charge < -0.3 is 20.9 Å². The molecule has 1 aliphatic heterocycles. The van der Waals surface area contributed by atoms with Crippen molar-refractivity contribution in [3.8, 4) is 0 Å². The Hall–Kier alpha value is -0.160. The topological polar surface area (TPSA) is 39.3 Å². The monoisotopic (exact) mass is 228 g/mol. The third-order valence-electron chi connectivity index (χ3n) is 3.03. The van der Waals surface area contributed by atoms with Gasteiger partial charge in [0.1, 0.15) is 0 Å². The van der Waals surface area contributed by atoms with Crippen LogP contribution in [0.5, 0.6) is 0 Å². The summed E-state index contributed by atoms with van der Waals surface area (Å²) in [6.45, 7) is 11.3. The third-order valence-corrected chi connectivity index (χ3v) is 3.03. The first kappa shape index (κ1) is 13.9. The van der Waals surface area contributed by atoms with Crippen LogP contribution in [-0.2, 0) is 0 Å². The molecule has 0 amide bonds. The predicted octanol–water partition coefficient (Wildman–Crippen LogP) is -0.273. The molecule has 1 fully saturated rings. The molecule has 0 spiro atoms. The van der Waals surface area contributed by atoms with Crippen LogP contribution in [0.2, 0.25) is 0 Å². The van der Waals surface area contributed by atoms with Crippen LogP contribution in [0.1, 0.15) is 13.3 Å². The second-order valence-corrected chi connectivity index (χ2v) is 4.92. The van der Waals surface area contributed by atoms with E-state index < -0.39 is 0 Å². The van der Waals surface area contributed by atoms with Gasteiger partial charge in [0.2, 0.25) is 0 Å². The largest absolute Gasteiger partial charge is 0.315 e.